The molecule has 0 heterocycles. The van der Waals surface area contributed by atoms with E-state index in [1.807, 2.05) is 7.05 Å². The van der Waals surface area contributed by atoms with E-state index in [4.69, 9.17) is 0 Å². The van der Waals surface area contributed by atoms with E-state index in [1.54, 1.807) is 0 Å². The zero-order valence-electron chi connectivity index (χ0n) is 8.86. The molecular formula is C11H18N2. The lowest BCUT2D eigenvalue weighted by molar-refractivity contribution is 0.873. The van der Waals surface area contributed by atoms with Crippen LogP contribution in [0.4, 0.5) is 5.69 Å². The number of hydrogen-bond acceptors (Lipinski definition) is 2. The van der Waals surface area contributed by atoms with Gasteiger partial charge in [0.15, 0.2) is 0 Å². The molecule has 0 atom stereocenters. The summed E-state index contributed by atoms with van der Waals surface area (Å²) in [6.45, 7) is 7.22. The summed E-state index contributed by atoms with van der Waals surface area (Å²) in [4.78, 5) is 0. The second kappa shape index (κ2) is 4.28. The first-order chi connectivity index (χ1) is 6.15. The first-order valence-electron chi connectivity index (χ1n) is 4.61. The number of nitrogens with one attached hydrogen (secondary N) is 2. The van der Waals surface area contributed by atoms with Crippen molar-refractivity contribution in [1.29, 1.82) is 0 Å². The van der Waals surface area contributed by atoms with Crippen LogP contribution < -0.4 is 10.6 Å². The number of anilines is 1. The van der Waals surface area contributed by atoms with Crippen molar-refractivity contribution in [2.45, 2.75) is 20.8 Å². The van der Waals surface area contributed by atoms with E-state index in [2.05, 4.69) is 43.5 Å². The molecule has 0 aromatic heterocycles. The van der Waals surface area contributed by atoms with Gasteiger partial charge in [-0.05, 0) is 50.6 Å². The number of benzene rings is 1. The maximum atomic E-state index is 3.32. The van der Waals surface area contributed by atoms with Crippen molar-refractivity contribution >= 4 is 5.69 Å². The minimum absolute atomic E-state index is 0.809. The topological polar surface area (TPSA) is 24.1 Å². The third kappa shape index (κ3) is 2.46. The summed E-state index contributed by atoms with van der Waals surface area (Å²) in [6, 6.07) is 4.41. The molecule has 0 aliphatic carbocycles. The van der Waals surface area contributed by atoms with Crippen molar-refractivity contribution in [3.8, 4) is 0 Å². The molecule has 0 bridgehead atoms. The monoisotopic (exact) mass is 178 g/mol. The Kier molecular flexibility index (Phi) is 3.32. The molecule has 0 aliphatic rings. The minimum atomic E-state index is 0.809. The van der Waals surface area contributed by atoms with Gasteiger partial charge in [0.1, 0.15) is 0 Å². The molecule has 72 valence electrons. The van der Waals surface area contributed by atoms with E-state index in [-0.39, 0.29) is 0 Å². The molecule has 1 rings (SSSR count). The largest absolute Gasteiger partial charge is 0.372 e. The van der Waals surface area contributed by atoms with Crippen molar-refractivity contribution in [3.05, 3.63) is 28.8 Å². The molecule has 0 radical (unpaired) electrons. The summed E-state index contributed by atoms with van der Waals surface area (Å²) in [5.74, 6) is 0. The highest BCUT2D eigenvalue weighted by Crippen LogP contribution is 2.19. The van der Waals surface area contributed by atoms with Crippen LogP contribution in [0.2, 0.25) is 0 Å². The standard InChI is InChI=1S/C11H18N2/c1-8-5-10(3)11(6-9(8)2)13-7-12-4/h5-6,12-13H,7H2,1-4H3. The van der Waals surface area contributed by atoms with Crippen LogP contribution in [-0.2, 0) is 0 Å². The van der Waals surface area contributed by atoms with E-state index in [1.165, 1.54) is 22.4 Å². The summed E-state index contributed by atoms with van der Waals surface area (Å²) in [5.41, 5.74) is 5.22. The maximum absolute atomic E-state index is 3.32. The molecule has 0 fully saturated rings. The lowest BCUT2D eigenvalue weighted by atomic mass is 10.1. The molecule has 0 aliphatic heterocycles. The quantitative estimate of drug-likeness (QED) is 0.693. The number of rotatable bonds is 3. The molecule has 1 aromatic rings. The summed E-state index contributed by atoms with van der Waals surface area (Å²) >= 11 is 0. The Bertz CT molecular complexity index is 292. The maximum Gasteiger partial charge on any atom is 0.0650 e. The number of hydrogen-bond donors (Lipinski definition) is 2. The van der Waals surface area contributed by atoms with Crippen LogP contribution >= 0.6 is 0 Å². The Morgan fingerprint density at radius 1 is 1.00 bits per heavy atom. The van der Waals surface area contributed by atoms with Crippen LogP contribution in [0, 0.1) is 20.8 Å². The zero-order chi connectivity index (χ0) is 9.84. The molecule has 13 heavy (non-hydrogen) atoms. The summed E-state index contributed by atoms with van der Waals surface area (Å²) in [6.07, 6.45) is 0. The van der Waals surface area contributed by atoms with Crippen LogP contribution in [0.15, 0.2) is 12.1 Å². The lowest BCUT2D eigenvalue weighted by Crippen LogP contribution is -2.17. The van der Waals surface area contributed by atoms with Crippen molar-refractivity contribution in [1.82, 2.24) is 5.32 Å². The second-order valence-electron chi connectivity index (χ2n) is 3.46. The van der Waals surface area contributed by atoms with E-state index in [0.29, 0.717) is 0 Å². The Morgan fingerprint density at radius 2 is 1.62 bits per heavy atom. The van der Waals surface area contributed by atoms with Gasteiger partial charge in [0, 0.05) is 5.69 Å². The second-order valence-corrected chi connectivity index (χ2v) is 3.46. The molecule has 2 nitrogen and oxygen atoms in total. The van der Waals surface area contributed by atoms with Crippen molar-refractivity contribution < 1.29 is 0 Å². The average Bonchev–Trinajstić information content (AvgIpc) is 2.09. The van der Waals surface area contributed by atoms with Crippen LogP contribution in [0.3, 0.4) is 0 Å². The fourth-order valence-electron chi connectivity index (χ4n) is 1.33. The minimum Gasteiger partial charge on any atom is -0.372 e. The fraction of sp³-hybridized carbons (Fsp3) is 0.455. The Morgan fingerprint density at radius 3 is 2.23 bits per heavy atom. The molecule has 0 amide bonds. The molecule has 0 saturated carbocycles. The van der Waals surface area contributed by atoms with Crippen molar-refractivity contribution in [2.75, 3.05) is 19.0 Å². The first kappa shape index (κ1) is 10.1. The highest BCUT2D eigenvalue weighted by molar-refractivity contribution is 5.54. The van der Waals surface area contributed by atoms with Crippen LogP contribution in [-0.4, -0.2) is 13.7 Å². The van der Waals surface area contributed by atoms with E-state index in [0.717, 1.165) is 6.67 Å². The van der Waals surface area contributed by atoms with Gasteiger partial charge in [-0.2, -0.15) is 0 Å². The lowest BCUT2D eigenvalue weighted by Gasteiger charge is -2.11. The smallest absolute Gasteiger partial charge is 0.0650 e. The summed E-state index contributed by atoms with van der Waals surface area (Å²) < 4.78 is 0. The zero-order valence-corrected chi connectivity index (χ0v) is 8.86. The predicted molar refractivity (Wildman–Crippen MR) is 58.2 cm³/mol. The molecule has 0 spiro atoms. The first-order valence-corrected chi connectivity index (χ1v) is 4.61. The Hall–Kier alpha value is -1.02. The van der Waals surface area contributed by atoms with Gasteiger partial charge >= 0.3 is 0 Å². The van der Waals surface area contributed by atoms with E-state index >= 15 is 0 Å². The third-order valence-corrected chi connectivity index (χ3v) is 2.30. The van der Waals surface area contributed by atoms with Crippen molar-refractivity contribution in [2.24, 2.45) is 0 Å². The van der Waals surface area contributed by atoms with Crippen molar-refractivity contribution in [3.63, 3.8) is 0 Å². The predicted octanol–water partition coefficient (Wildman–Crippen LogP) is 2.20. The Labute approximate surface area is 80.4 Å². The highest BCUT2D eigenvalue weighted by Gasteiger charge is 1.99. The van der Waals surface area contributed by atoms with Crippen LogP contribution in [0.1, 0.15) is 16.7 Å². The van der Waals surface area contributed by atoms with Gasteiger partial charge in [0.05, 0.1) is 6.67 Å². The van der Waals surface area contributed by atoms with Gasteiger partial charge in [0.2, 0.25) is 0 Å². The third-order valence-electron chi connectivity index (χ3n) is 2.30. The van der Waals surface area contributed by atoms with E-state index < -0.39 is 0 Å². The molecule has 0 unspecified atom stereocenters. The van der Waals surface area contributed by atoms with Gasteiger partial charge in [-0.15, -0.1) is 0 Å². The van der Waals surface area contributed by atoms with Gasteiger partial charge in [0.25, 0.3) is 0 Å². The van der Waals surface area contributed by atoms with Crippen LogP contribution in [0.5, 0.6) is 0 Å². The van der Waals surface area contributed by atoms with Gasteiger partial charge in [-0.1, -0.05) is 6.07 Å². The fourth-order valence-corrected chi connectivity index (χ4v) is 1.33. The molecule has 0 saturated heterocycles. The number of aryl methyl sites for hydroxylation is 3. The highest BCUT2D eigenvalue weighted by atomic mass is 15.0. The molecule has 1 aromatic carbocycles. The van der Waals surface area contributed by atoms with Crippen LogP contribution in [0.25, 0.3) is 0 Å². The van der Waals surface area contributed by atoms with E-state index in [9.17, 15) is 0 Å². The van der Waals surface area contributed by atoms with Gasteiger partial charge in [-0.25, -0.2) is 0 Å². The SMILES string of the molecule is CNCNc1cc(C)c(C)cc1C. The van der Waals surface area contributed by atoms with Gasteiger partial charge in [-0.3, -0.25) is 0 Å². The average molecular weight is 178 g/mol. The van der Waals surface area contributed by atoms with Gasteiger partial charge < -0.3 is 10.6 Å². The molecular weight excluding hydrogens is 160 g/mol. The normalized spacial score (nSPS) is 10.2. The molecule has 2 heteroatoms. The Balaban J connectivity index is 2.88. The summed E-state index contributed by atoms with van der Waals surface area (Å²) in [7, 11) is 1.93. The summed E-state index contributed by atoms with van der Waals surface area (Å²) in [5, 5.41) is 6.39. The molecule has 2 N–H and O–H groups in total.